The summed E-state index contributed by atoms with van der Waals surface area (Å²) in [7, 11) is 0. The summed E-state index contributed by atoms with van der Waals surface area (Å²) in [5.74, 6) is 0.00389. The van der Waals surface area contributed by atoms with Crippen molar-refractivity contribution < 1.29 is 4.79 Å². The van der Waals surface area contributed by atoms with Crippen LogP contribution in [0.1, 0.15) is 31.1 Å². The van der Waals surface area contributed by atoms with Crippen LogP contribution in [0.15, 0.2) is 28.6 Å². The molecule has 0 unspecified atom stereocenters. The summed E-state index contributed by atoms with van der Waals surface area (Å²) in [6.45, 7) is 4.97. The van der Waals surface area contributed by atoms with Gasteiger partial charge >= 0.3 is 0 Å². The molecule has 0 N–H and O–H groups in total. The Kier molecular flexibility index (Phi) is 4.67. The highest BCUT2D eigenvalue weighted by atomic mass is 32.1. The molecule has 5 nitrogen and oxygen atoms in total. The molecule has 136 valence electrons. The molecule has 1 atom stereocenters. The van der Waals surface area contributed by atoms with Crippen LogP contribution >= 0.6 is 22.7 Å². The molecule has 3 aromatic heterocycles. The third-order valence-electron chi connectivity index (χ3n) is 5.00. The fraction of sp³-hybridized carbons (Fsp3) is 0.421. The third-order valence-corrected chi connectivity index (χ3v) is 6.92. The van der Waals surface area contributed by atoms with Gasteiger partial charge in [-0.1, -0.05) is 0 Å². The monoisotopic (exact) mass is 387 g/mol. The minimum absolute atomic E-state index is 0.00389. The molecule has 1 aliphatic rings. The first-order valence-corrected chi connectivity index (χ1v) is 10.6. The SMILES string of the molecule is Cc1ccc(-c2csc3ncn(CC(=O)N4CCCC[C@@H]4C)c(=O)c23)s1. The standard InChI is InChI=1S/C19H21N3O2S2/c1-12-5-3-4-8-22(12)16(23)9-21-11-20-18-17(19(21)24)14(10-25-18)15-7-6-13(2)26-15/h6-7,10-12H,3-5,8-9H2,1-2H3/t12-/m0/s1. The minimum Gasteiger partial charge on any atom is -0.338 e. The number of carbonyl (C=O) groups is 1. The minimum atomic E-state index is -0.129. The molecular weight excluding hydrogens is 366 g/mol. The molecule has 0 spiro atoms. The van der Waals surface area contributed by atoms with Crippen LogP contribution in [0.5, 0.6) is 0 Å². The average molecular weight is 388 g/mol. The number of fused-ring (bicyclic) bond motifs is 1. The lowest BCUT2D eigenvalue weighted by Crippen LogP contribution is -2.44. The van der Waals surface area contributed by atoms with Crippen molar-refractivity contribution in [3.05, 3.63) is 39.1 Å². The molecule has 0 radical (unpaired) electrons. The van der Waals surface area contributed by atoms with Gasteiger partial charge in [0.1, 0.15) is 11.4 Å². The van der Waals surface area contributed by atoms with E-state index in [1.54, 1.807) is 11.3 Å². The molecule has 26 heavy (non-hydrogen) atoms. The van der Waals surface area contributed by atoms with Crippen LogP contribution in [0.25, 0.3) is 20.7 Å². The van der Waals surface area contributed by atoms with Crippen LogP contribution < -0.4 is 5.56 Å². The molecule has 4 heterocycles. The number of rotatable bonds is 3. The number of thiophene rings is 2. The van der Waals surface area contributed by atoms with E-state index in [0.717, 1.165) is 41.1 Å². The van der Waals surface area contributed by atoms with Gasteiger partial charge < -0.3 is 4.90 Å². The summed E-state index contributed by atoms with van der Waals surface area (Å²) < 4.78 is 1.46. The Morgan fingerprint density at radius 1 is 1.35 bits per heavy atom. The first-order chi connectivity index (χ1) is 12.5. The Hall–Kier alpha value is -1.99. The summed E-state index contributed by atoms with van der Waals surface area (Å²) in [6, 6.07) is 4.34. The number of amides is 1. The molecule has 0 saturated carbocycles. The maximum atomic E-state index is 13.1. The smallest absolute Gasteiger partial charge is 0.263 e. The zero-order valence-corrected chi connectivity index (χ0v) is 16.5. The van der Waals surface area contributed by atoms with E-state index in [4.69, 9.17) is 0 Å². The second-order valence-corrected chi connectivity index (χ2v) is 9.00. The van der Waals surface area contributed by atoms with E-state index in [1.807, 2.05) is 16.3 Å². The molecule has 0 aromatic carbocycles. The van der Waals surface area contributed by atoms with Crippen LogP contribution in [-0.4, -0.2) is 32.9 Å². The van der Waals surface area contributed by atoms with Crippen LogP contribution in [0.3, 0.4) is 0 Å². The van der Waals surface area contributed by atoms with E-state index in [9.17, 15) is 9.59 Å². The molecule has 3 aromatic rings. The molecule has 1 fully saturated rings. The van der Waals surface area contributed by atoms with E-state index >= 15 is 0 Å². The van der Waals surface area contributed by atoms with E-state index in [-0.39, 0.29) is 24.1 Å². The summed E-state index contributed by atoms with van der Waals surface area (Å²) in [6.07, 6.45) is 4.74. The third kappa shape index (κ3) is 3.10. The van der Waals surface area contributed by atoms with Crippen molar-refractivity contribution in [3.8, 4) is 10.4 Å². The fourth-order valence-electron chi connectivity index (χ4n) is 3.55. The Morgan fingerprint density at radius 3 is 2.92 bits per heavy atom. The first-order valence-electron chi connectivity index (χ1n) is 8.87. The summed E-state index contributed by atoms with van der Waals surface area (Å²) in [5.41, 5.74) is 0.795. The van der Waals surface area contributed by atoms with Gasteiger partial charge in [-0.05, 0) is 45.2 Å². The normalized spacial score (nSPS) is 17.8. The van der Waals surface area contributed by atoms with Gasteiger partial charge in [-0.25, -0.2) is 4.98 Å². The highest BCUT2D eigenvalue weighted by Crippen LogP contribution is 2.34. The predicted octanol–water partition coefficient (Wildman–Crippen LogP) is 3.90. The molecule has 0 aliphatic carbocycles. The Balaban J connectivity index is 1.69. The van der Waals surface area contributed by atoms with E-state index in [0.29, 0.717) is 5.39 Å². The van der Waals surface area contributed by atoms with Gasteiger partial charge in [0.05, 0.1) is 11.7 Å². The molecule has 1 saturated heterocycles. The number of nitrogens with zero attached hydrogens (tertiary/aromatic N) is 3. The molecule has 4 rings (SSSR count). The second-order valence-electron chi connectivity index (χ2n) is 6.85. The zero-order chi connectivity index (χ0) is 18.3. The molecule has 1 aliphatic heterocycles. The highest BCUT2D eigenvalue weighted by molar-refractivity contribution is 7.19. The van der Waals surface area contributed by atoms with Gasteiger partial charge in [-0.2, -0.15) is 0 Å². The topological polar surface area (TPSA) is 55.2 Å². The quantitative estimate of drug-likeness (QED) is 0.685. The van der Waals surface area contributed by atoms with Crippen LogP contribution in [0.4, 0.5) is 0 Å². The second kappa shape index (κ2) is 6.96. The molecule has 7 heteroatoms. The van der Waals surface area contributed by atoms with Crippen LogP contribution in [0.2, 0.25) is 0 Å². The van der Waals surface area contributed by atoms with E-state index < -0.39 is 0 Å². The zero-order valence-electron chi connectivity index (χ0n) is 14.9. The van der Waals surface area contributed by atoms with Crippen molar-refractivity contribution in [2.75, 3.05) is 6.54 Å². The van der Waals surface area contributed by atoms with E-state index in [1.165, 1.54) is 27.1 Å². The van der Waals surface area contributed by atoms with Crippen molar-refractivity contribution in [2.45, 2.75) is 45.7 Å². The van der Waals surface area contributed by atoms with Crippen molar-refractivity contribution in [1.82, 2.24) is 14.5 Å². The van der Waals surface area contributed by atoms with Crippen molar-refractivity contribution >= 4 is 38.8 Å². The van der Waals surface area contributed by atoms with Crippen molar-refractivity contribution in [2.24, 2.45) is 0 Å². The number of hydrogen-bond donors (Lipinski definition) is 0. The number of likely N-dealkylation sites (tertiary alicyclic amines) is 1. The molecule has 0 bridgehead atoms. The molecular formula is C19H21N3O2S2. The summed E-state index contributed by atoms with van der Waals surface area (Å²) in [5, 5.41) is 2.61. The fourth-order valence-corrected chi connectivity index (χ4v) is 5.41. The number of hydrogen-bond acceptors (Lipinski definition) is 5. The summed E-state index contributed by atoms with van der Waals surface area (Å²) in [4.78, 5) is 35.1. The van der Waals surface area contributed by atoms with Crippen molar-refractivity contribution in [3.63, 3.8) is 0 Å². The van der Waals surface area contributed by atoms with Gasteiger partial charge in [-0.15, -0.1) is 22.7 Å². The number of aromatic nitrogens is 2. The lowest BCUT2D eigenvalue weighted by atomic mass is 10.0. The van der Waals surface area contributed by atoms with Gasteiger partial charge in [0.2, 0.25) is 5.91 Å². The van der Waals surface area contributed by atoms with E-state index in [2.05, 4.69) is 24.9 Å². The summed E-state index contributed by atoms with van der Waals surface area (Å²) >= 11 is 3.14. The number of aryl methyl sites for hydroxylation is 1. The lowest BCUT2D eigenvalue weighted by Gasteiger charge is -2.33. The maximum absolute atomic E-state index is 13.1. The first kappa shape index (κ1) is 17.4. The van der Waals surface area contributed by atoms with Gasteiger partial charge in [0.25, 0.3) is 5.56 Å². The molecule has 1 amide bonds. The lowest BCUT2D eigenvalue weighted by molar-refractivity contribution is -0.135. The van der Waals surface area contributed by atoms with Gasteiger partial charge in [0.15, 0.2) is 0 Å². The Morgan fingerprint density at radius 2 is 2.19 bits per heavy atom. The average Bonchev–Trinajstić information content (AvgIpc) is 3.24. The Bertz CT molecular complexity index is 1020. The number of carbonyl (C=O) groups excluding carboxylic acids is 1. The van der Waals surface area contributed by atoms with Crippen LogP contribution in [-0.2, 0) is 11.3 Å². The predicted molar refractivity (Wildman–Crippen MR) is 107 cm³/mol. The van der Waals surface area contributed by atoms with Crippen LogP contribution in [0, 0.1) is 6.92 Å². The number of piperidine rings is 1. The maximum Gasteiger partial charge on any atom is 0.263 e. The van der Waals surface area contributed by atoms with Gasteiger partial charge in [0, 0.05) is 33.3 Å². The Labute approximate surface area is 159 Å². The van der Waals surface area contributed by atoms with Crippen molar-refractivity contribution in [1.29, 1.82) is 0 Å². The van der Waals surface area contributed by atoms with Gasteiger partial charge in [-0.3, -0.25) is 14.2 Å². The largest absolute Gasteiger partial charge is 0.338 e. The highest BCUT2D eigenvalue weighted by Gasteiger charge is 2.24.